The average Bonchev–Trinajstić information content (AvgIpc) is 2.59. The van der Waals surface area contributed by atoms with Crippen molar-refractivity contribution in [3.63, 3.8) is 0 Å². The SMILES string of the molecule is Nc1ccc(Cc2ccc(NC(=O)c3ccccc3)cc2)cc1. The van der Waals surface area contributed by atoms with Crippen LogP contribution >= 0.6 is 0 Å². The lowest BCUT2D eigenvalue weighted by Crippen LogP contribution is -2.11. The Labute approximate surface area is 135 Å². The van der Waals surface area contributed by atoms with Crippen LogP contribution in [0.25, 0.3) is 0 Å². The summed E-state index contributed by atoms with van der Waals surface area (Å²) in [4.78, 5) is 12.1. The van der Waals surface area contributed by atoms with Gasteiger partial charge < -0.3 is 11.1 Å². The maximum Gasteiger partial charge on any atom is 0.255 e. The molecule has 0 fully saturated rings. The van der Waals surface area contributed by atoms with Crippen LogP contribution in [0.3, 0.4) is 0 Å². The highest BCUT2D eigenvalue weighted by Crippen LogP contribution is 2.15. The molecular weight excluding hydrogens is 284 g/mol. The monoisotopic (exact) mass is 302 g/mol. The molecule has 0 aliphatic rings. The number of amides is 1. The van der Waals surface area contributed by atoms with Gasteiger partial charge in [-0.25, -0.2) is 0 Å². The summed E-state index contributed by atoms with van der Waals surface area (Å²) >= 11 is 0. The van der Waals surface area contributed by atoms with Crippen molar-refractivity contribution in [1.82, 2.24) is 0 Å². The summed E-state index contributed by atoms with van der Waals surface area (Å²) in [6.07, 6.45) is 0.840. The molecule has 0 aliphatic carbocycles. The number of hydrogen-bond acceptors (Lipinski definition) is 2. The van der Waals surface area contributed by atoms with Gasteiger partial charge in [0.15, 0.2) is 0 Å². The van der Waals surface area contributed by atoms with Crippen LogP contribution in [-0.2, 0) is 6.42 Å². The topological polar surface area (TPSA) is 55.1 Å². The molecule has 3 aromatic rings. The summed E-state index contributed by atoms with van der Waals surface area (Å²) in [5.41, 5.74) is 10.3. The van der Waals surface area contributed by atoms with Gasteiger partial charge in [-0.2, -0.15) is 0 Å². The maximum atomic E-state index is 12.1. The first kappa shape index (κ1) is 14.9. The first-order chi connectivity index (χ1) is 11.2. The molecule has 3 aromatic carbocycles. The number of nitrogen functional groups attached to an aromatic ring is 1. The predicted octanol–water partition coefficient (Wildman–Crippen LogP) is 4.11. The Bertz CT molecular complexity index is 778. The van der Waals surface area contributed by atoms with Crippen molar-refractivity contribution >= 4 is 17.3 Å². The molecule has 0 saturated carbocycles. The largest absolute Gasteiger partial charge is 0.399 e. The van der Waals surface area contributed by atoms with Crippen LogP contribution in [0.2, 0.25) is 0 Å². The third-order valence-corrected chi connectivity index (χ3v) is 3.64. The van der Waals surface area contributed by atoms with Crippen LogP contribution in [0.1, 0.15) is 21.5 Å². The lowest BCUT2D eigenvalue weighted by molar-refractivity contribution is 0.102. The zero-order valence-corrected chi connectivity index (χ0v) is 12.7. The molecule has 3 rings (SSSR count). The van der Waals surface area contributed by atoms with Crippen LogP contribution in [0.4, 0.5) is 11.4 Å². The normalized spacial score (nSPS) is 10.3. The second-order valence-electron chi connectivity index (χ2n) is 5.44. The van der Waals surface area contributed by atoms with E-state index < -0.39 is 0 Å². The van der Waals surface area contributed by atoms with Crippen LogP contribution in [-0.4, -0.2) is 5.91 Å². The van der Waals surface area contributed by atoms with Crippen LogP contribution < -0.4 is 11.1 Å². The fourth-order valence-electron chi connectivity index (χ4n) is 2.37. The van der Waals surface area contributed by atoms with E-state index in [1.807, 2.05) is 66.7 Å². The van der Waals surface area contributed by atoms with Crippen molar-refractivity contribution in [3.05, 3.63) is 95.6 Å². The highest BCUT2D eigenvalue weighted by Gasteiger charge is 2.05. The van der Waals surface area contributed by atoms with E-state index in [9.17, 15) is 4.79 Å². The van der Waals surface area contributed by atoms with E-state index in [2.05, 4.69) is 5.32 Å². The van der Waals surface area contributed by atoms with Gasteiger partial charge in [-0.05, 0) is 53.9 Å². The van der Waals surface area contributed by atoms with Gasteiger partial charge in [0, 0.05) is 16.9 Å². The number of nitrogens with two attached hydrogens (primary N) is 1. The molecular formula is C20H18N2O. The average molecular weight is 302 g/mol. The number of hydrogen-bond donors (Lipinski definition) is 2. The van der Waals surface area contributed by atoms with Crippen molar-refractivity contribution in [1.29, 1.82) is 0 Å². The third-order valence-electron chi connectivity index (χ3n) is 3.64. The van der Waals surface area contributed by atoms with Gasteiger partial charge in [0.2, 0.25) is 0 Å². The molecule has 0 aromatic heterocycles. The van der Waals surface area contributed by atoms with Gasteiger partial charge in [-0.3, -0.25) is 4.79 Å². The number of anilines is 2. The lowest BCUT2D eigenvalue weighted by atomic mass is 10.0. The smallest absolute Gasteiger partial charge is 0.255 e. The van der Waals surface area contributed by atoms with Gasteiger partial charge in [0.1, 0.15) is 0 Å². The summed E-state index contributed by atoms with van der Waals surface area (Å²) < 4.78 is 0. The minimum Gasteiger partial charge on any atom is -0.399 e. The molecule has 0 aliphatic heterocycles. The highest BCUT2D eigenvalue weighted by atomic mass is 16.1. The molecule has 0 spiro atoms. The minimum atomic E-state index is -0.100. The molecule has 0 bridgehead atoms. The molecule has 0 heterocycles. The second-order valence-corrected chi connectivity index (χ2v) is 5.44. The molecule has 0 radical (unpaired) electrons. The third kappa shape index (κ3) is 3.98. The van der Waals surface area contributed by atoms with Crippen molar-refractivity contribution in [3.8, 4) is 0 Å². The quantitative estimate of drug-likeness (QED) is 0.713. The Morgan fingerprint density at radius 3 is 1.96 bits per heavy atom. The fourth-order valence-corrected chi connectivity index (χ4v) is 2.37. The van der Waals surface area contributed by atoms with E-state index >= 15 is 0 Å². The zero-order valence-electron chi connectivity index (χ0n) is 12.7. The minimum absolute atomic E-state index is 0.100. The summed E-state index contributed by atoms with van der Waals surface area (Å²) in [5.74, 6) is -0.100. The van der Waals surface area contributed by atoms with Gasteiger partial charge in [-0.1, -0.05) is 42.5 Å². The maximum absolute atomic E-state index is 12.1. The summed E-state index contributed by atoms with van der Waals surface area (Å²) in [6.45, 7) is 0. The van der Waals surface area contributed by atoms with Gasteiger partial charge >= 0.3 is 0 Å². The molecule has 3 nitrogen and oxygen atoms in total. The number of carbonyl (C=O) groups is 1. The summed E-state index contributed by atoms with van der Waals surface area (Å²) in [5, 5.41) is 2.90. The Hall–Kier alpha value is -3.07. The summed E-state index contributed by atoms with van der Waals surface area (Å²) in [7, 11) is 0. The van der Waals surface area contributed by atoms with Crippen LogP contribution in [0.5, 0.6) is 0 Å². The zero-order chi connectivity index (χ0) is 16.1. The molecule has 0 unspecified atom stereocenters. The Morgan fingerprint density at radius 2 is 1.35 bits per heavy atom. The van der Waals surface area contributed by atoms with E-state index in [1.165, 1.54) is 11.1 Å². The molecule has 0 saturated heterocycles. The highest BCUT2D eigenvalue weighted by molar-refractivity contribution is 6.04. The van der Waals surface area contributed by atoms with E-state index in [4.69, 9.17) is 5.73 Å². The lowest BCUT2D eigenvalue weighted by Gasteiger charge is -2.07. The standard InChI is InChI=1S/C20H18N2O/c21-18-10-6-15(7-11-18)14-16-8-12-19(13-9-16)22-20(23)17-4-2-1-3-5-17/h1-13H,14,21H2,(H,22,23). The van der Waals surface area contributed by atoms with Crippen molar-refractivity contribution < 1.29 is 4.79 Å². The first-order valence-electron chi connectivity index (χ1n) is 7.50. The molecule has 1 amide bonds. The number of carbonyl (C=O) groups excluding carboxylic acids is 1. The Kier molecular flexibility index (Phi) is 4.39. The molecule has 0 atom stereocenters. The predicted molar refractivity (Wildman–Crippen MR) is 94.5 cm³/mol. The van der Waals surface area contributed by atoms with E-state index in [1.54, 1.807) is 12.1 Å². The fraction of sp³-hybridized carbons (Fsp3) is 0.0500. The Balaban J connectivity index is 1.65. The van der Waals surface area contributed by atoms with Gasteiger partial charge in [-0.15, -0.1) is 0 Å². The van der Waals surface area contributed by atoms with Gasteiger partial charge in [0.05, 0.1) is 0 Å². The Morgan fingerprint density at radius 1 is 0.783 bits per heavy atom. The van der Waals surface area contributed by atoms with Gasteiger partial charge in [0.25, 0.3) is 5.91 Å². The second kappa shape index (κ2) is 6.79. The van der Waals surface area contributed by atoms with E-state index in [-0.39, 0.29) is 5.91 Å². The van der Waals surface area contributed by atoms with E-state index in [0.29, 0.717) is 5.56 Å². The molecule has 114 valence electrons. The number of benzene rings is 3. The van der Waals surface area contributed by atoms with Crippen LogP contribution in [0, 0.1) is 0 Å². The van der Waals surface area contributed by atoms with Crippen LogP contribution in [0.15, 0.2) is 78.9 Å². The van der Waals surface area contributed by atoms with Crippen molar-refractivity contribution in [2.45, 2.75) is 6.42 Å². The number of nitrogens with one attached hydrogen (secondary N) is 1. The molecule has 3 N–H and O–H groups in total. The van der Waals surface area contributed by atoms with E-state index in [0.717, 1.165) is 17.8 Å². The van der Waals surface area contributed by atoms with Crippen molar-refractivity contribution in [2.75, 3.05) is 11.1 Å². The first-order valence-corrected chi connectivity index (χ1v) is 7.50. The van der Waals surface area contributed by atoms with Crippen molar-refractivity contribution in [2.24, 2.45) is 0 Å². The molecule has 23 heavy (non-hydrogen) atoms. The summed E-state index contributed by atoms with van der Waals surface area (Å²) in [6, 6.07) is 25.0. The number of rotatable bonds is 4. The molecule has 3 heteroatoms.